The smallest absolute Gasteiger partial charge is 0.0459 e. The van der Waals surface area contributed by atoms with E-state index in [-0.39, 0.29) is 0 Å². The normalized spacial score (nSPS) is 15.6. The molecule has 0 unspecified atom stereocenters. The second kappa shape index (κ2) is 5.53. The number of allylic oxidation sites excluding steroid dienone is 5. The number of hydrogen-bond acceptors (Lipinski definition) is 1. The third kappa shape index (κ3) is 2.31. The van der Waals surface area contributed by atoms with Crippen molar-refractivity contribution in [2.45, 2.75) is 6.42 Å². The van der Waals surface area contributed by atoms with Gasteiger partial charge in [0.2, 0.25) is 0 Å². The van der Waals surface area contributed by atoms with Gasteiger partial charge in [-0.2, -0.15) is 0 Å². The summed E-state index contributed by atoms with van der Waals surface area (Å²) < 4.78 is 0. The molecule has 0 fully saturated rings. The maximum atomic E-state index is 3.37. The summed E-state index contributed by atoms with van der Waals surface area (Å²) in [5.74, 6) is 0. The molecule has 106 valence electrons. The van der Waals surface area contributed by atoms with Crippen molar-refractivity contribution in [2.75, 3.05) is 0 Å². The van der Waals surface area contributed by atoms with Crippen LogP contribution in [-0.2, 0) is 6.42 Å². The molecule has 0 bridgehead atoms. The van der Waals surface area contributed by atoms with Gasteiger partial charge in [-0.3, -0.25) is 0 Å². The van der Waals surface area contributed by atoms with Crippen molar-refractivity contribution in [3.63, 3.8) is 0 Å². The second-order valence-corrected chi connectivity index (χ2v) is 5.56. The first-order valence-electron chi connectivity index (χ1n) is 7.60. The molecule has 0 saturated carbocycles. The third-order valence-corrected chi connectivity index (χ3v) is 4.15. The van der Waals surface area contributed by atoms with Crippen molar-refractivity contribution in [1.82, 2.24) is 5.32 Å². The van der Waals surface area contributed by atoms with Gasteiger partial charge in [-0.1, -0.05) is 60.7 Å². The summed E-state index contributed by atoms with van der Waals surface area (Å²) in [6.45, 7) is 0. The zero-order valence-corrected chi connectivity index (χ0v) is 12.3. The molecule has 4 rings (SSSR count). The van der Waals surface area contributed by atoms with Crippen LogP contribution < -0.4 is 5.32 Å². The molecular formula is C21H17N. The lowest BCUT2D eigenvalue weighted by atomic mass is 10.0. The van der Waals surface area contributed by atoms with Gasteiger partial charge in [-0.15, -0.1) is 0 Å². The summed E-state index contributed by atoms with van der Waals surface area (Å²) in [4.78, 5) is 0. The Bertz CT molecular complexity index is 820. The first-order chi connectivity index (χ1) is 10.9. The molecule has 0 amide bonds. The van der Waals surface area contributed by atoms with E-state index in [0.29, 0.717) is 0 Å². The third-order valence-electron chi connectivity index (χ3n) is 4.15. The lowest BCUT2D eigenvalue weighted by Gasteiger charge is -2.11. The number of benzene rings is 2. The van der Waals surface area contributed by atoms with Crippen LogP contribution in [0.1, 0.15) is 22.3 Å². The fraction of sp³-hybridized carbons (Fsp3) is 0.0476. The van der Waals surface area contributed by atoms with Gasteiger partial charge >= 0.3 is 0 Å². The number of hydrogen-bond donors (Lipinski definition) is 1. The molecule has 0 radical (unpaired) electrons. The van der Waals surface area contributed by atoms with Crippen LogP contribution >= 0.6 is 0 Å². The van der Waals surface area contributed by atoms with Crippen molar-refractivity contribution in [3.8, 4) is 0 Å². The van der Waals surface area contributed by atoms with Crippen LogP contribution in [0, 0.1) is 0 Å². The summed E-state index contributed by atoms with van der Waals surface area (Å²) in [7, 11) is 0. The van der Waals surface area contributed by atoms with Crippen LogP contribution in [0.4, 0.5) is 0 Å². The Hall–Kier alpha value is -2.80. The monoisotopic (exact) mass is 283 g/mol. The maximum Gasteiger partial charge on any atom is 0.0459 e. The Morgan fingerprint density at radius 2 is 1.73 bits per heavy atom. The summed E-state index contributed by atoms with van der Waals surface area (Å²) in [5, 5.41) is 3.37. The zero-order valence-electron chi connectivity index (χ0n) is 12.3. The molecule has 0 saturated heterocycles. The van der Waals surface area contributed by atoms with Crippen molar-refractivity contribution < 1.29 is 0 Å². The zero-order chi connectivity index (χ0) is 14.8. The molecule has 0 atom stereocenters. The summed E-state index contributed by atoms with van der Waals surface area (Å²) in [6, 6.07) is 17.2. The highest BCUT2D eigenvalue weighted by Gasteiger charge is 2.18. The van der Waals surface area contributed by atoms with Gasteiger partial charge in [0.05, 0.1) is 0 Å². The highest BCUT2D eigenvalue weighted by atomic mass is 14.8. The average Bonchev–Trinajstić information content (AvgIpc) is 2.83. The molecule has 1 nitrogen and oxygen atoms in total. The van der Waals surface area contributed by atoms with Crippen LogP contribution in [0.25, 0.3) is 17.3 Å². The Morgan fingerprint density at radius 3 is 2.64 bits per heavy atom. The Labute approximate surface area is 131 Å². The number of rotatable bonds is 2. The standard InChI is InChI=1S/C21H17N/c1-3-8-16(9-4-1)18-14-17-10-7-11-19(20(17)15-18)21-12-5-2-6-13-22-21/h1-13,15,22H,14H2. The largest absolute Gasteiger partial charge is 0.361 e. The molecule has 1 N–H and O–H groups in total. The van der Waals surface area contributed by atoms with Crippen molar-refractivity contribution in [3.05, 3.63) is 101 Å². The first kappa shape index (κ1) is 12.9. The van der Waals surface area contributed by atoms with Gasteiger partial charge in [0.25, 0.3) is 0 Å². The number of fused-ring (bicyclic) bond motifs is 1. The summed E-state index contributed by atoms with van der Waals surface area (Å²) in [5.41, 5.74) is 7.85. The lowest BCUT2D eigenvalue weighted by molar-refractivity contribution is 1.21. The molecular weight excluding hydrogens is 266 g/mol. The van der Waals surface area contributed by atoms with Gasteiger partial charge in [0, 0.05) is 17.5 Å². The molecule has 2 aromatic carbocycles. The minimum absolute atomic E-state index is 1.01. The molecule has 1 heteroatoms. The van der Waals surface area contributed by atoms with E-state index in [9.17, 15) is 0 Å². The number of nitrogens with one attached hydrogen (secondary N) is 1. The minimum atomic E-state index is 1.01. The van der Waals surface area contributed by atoms with E-state index in [1.165, 1.54) is 27.8 Å². The van der Waals surface area contributed by atoms with E-state index >= 15 is 0 Å². The van der Waals surface area contributed by atoms with E-state index in [1.54, 1.807) is 0 Å². The van der Waals surface area contributed by atoms with Crippen LogP contribution in [0.3, 0.4) is 0 Å². The molecule has 0 spiro atoms. The Kier molecular flexibility index (Phi) is 3.24. The lowest BCUT2D eigenvalue weighted by Crippen LogP contribution is -2.04. The fourth-order valence-electron chi connectivity index (χ4n) is 3.07. The van der Waals surface area contributed by atoms with E-state index < -0.39 is 0 Å². The quantitative estimate of drug-likeness (QED) is 0.835. The summed E-state index contributed by atoms with van der Waals surface area (Å²) >= 11 is 0. The predicted octanol–water partition coefficient (Wildman–Crippen LogP) is 4.80. The van der Waals surface area contributed by atoms with Crippen LogP contribution in [0.2, 0.25) is 0 Å². The fourth-order valence-corrected chi connectivity index (χ4v) is 3.07. The maximum absolute atomic E-state index is 3.37. The van der Waals surface area contributed by atoms with Crippen LogP contribution in [0.15, 0.2) is 79.0 Å². The average molecular weight is 283 g/mol. The van der Waals surface area contributed by atoms with E-state index in [2.05, 4.69) is 72.1 Å². The molecule has 0 aromatic heterocycles. The van der Waals surface area contributed by atoms with Gasteiger partial charge in [-0.25, -0.2) is 0 Å². The highest BCUT2D eigenvalue weighted by Crippen LogP contribution is 2.35. The van der Waals surface area contributed by atoms with Crippen LogP contribution in [-0.4, -0.2) is 0 Å². The van der Waals surface area contributed by atoms with Crippen molar-refractivity contribution in [1.29, 1.82) is 0 Å². The van der Waals surface area contributed by atoms with Gasteiger partial charge in [-0.05, 0) is 46.9 Å². The topological polar surface area (TPSA) is 12.0 Å². The molecule has 2 aliphatic rings. The summed E-state index contributed by atoms with van der Waals surface area (Å²) in [6.07, 6.45) is 13.6. The molecule has 1 heterocycles. The molecule has 2 aromatic rings. The second-order valence-electron chi connectivity index (χ2n) is 5.56. The predicted molar refractivity (Wildman–Crippen MR) is 93.9 cm³/mol. The molecule has 1 aliphatic carbocycles. The van der Waals surface area contributed by atoms with Crippen molar-refractivity contribution in [2.24, 2.45) is 0 Å². The van der Waals surface area contributed by atoms with E-state index in [1.807, 2.05) is 18.4 Å². The first-order valence-corrected chi connectivity index (χ1v) is 7.60. The van der Waals surface area contributed by atoms with Crippen molar-refractivity contribution >= 4 is 17.3 Å². The molecule has 22 heavy (non-hydrogen) atoms. The van der Waals surface area contributed by atoms with Gasteiger partial charge in [0.15, 0.2) is 0 Å². The van der Waals surface area contributed by atoms with E-state index in [4.69, 9.17) is 0 Å². The van der Waals surface area contributed by atoms with Gasteiger partial charge in [0.1, 0.15) is 0 Å². The highest BCUT2D eigenvalue weighted by molar-refractivity contribution is 5.92. The minimum Gasteiger partial charge on any atom is -0.361 e. The SMILES string of the molecule is C1=CC=C(c2cccc3c2C=C(c2ccccc2)C3)NC=C1. The van der Waals surface area contributed by atoms with Crippen LogP contribution in [0.5, 0.6) is 0 Å². The van der Waals surface area contributed by atoms with Gasteiger partial charge < -0.3 is 5.32 Å². The molecule has 1 aliphatic heterocycles. The Balaban J connectivity index is 1.78. The van der Waals surface area contributed by atoms with E-state index in [0.717, 1.165) is 12.1 Å². The Morgan fingerprint density at radius 1 is 0.818 bits per heavy atom.